The Kier molecular flexibility index (Phi) is 5.36. The number of carbonyl (C=O) groups excluding carboxylic acids is 1. The summed E-state index contributed by atoms with van der Waals surface area (Å²) >= 11 is 0. The van der Waals surface area contributed by atoms with Gasteiger partial charge in [0.2, 0.25) is 0 Å². The maximum atomic E-state index is 10.9. The molecule has 0 radical (unpaired) electrons. The third-order valence-electron chi connectivity index (χ3n) is 1.44. The summed E-state index contributed by atoms with van der Waals surface area (Å²) in [5, 5.41) is 11.2. The van der Waals surface area contributed by atoms with E-state index in [4.69, 9.17) is 5.11 Å². The Bertz CT molecular complexity index is 247. The minimum atomic E-state index is -0.971. The third kappa shape index (κ3) is 5.18. The topological polar surface area (TPSA) is 75.6 Å². The first kappa shape index (κ1) is 12.5. The van der Waals surface area contributed by atoms with Crippen molar-refractivity contribution in [1.82, 2.24) is 5.32 Å². The molecule has 0 aromatic rings. The van der Waals surface area contributed by atoms with Gasteiger partial charge in [-0.1, -0.05) is 0 Å². The SMILES string of the molecule is CCOC(=O)C=C(C)NC(C)C(=O)O. The van der Waals surface area contributed by atoms with Crippen molar-refractivity contribution in [1.29, 1.82) is 0 Å². The normalized spacial score (nSPS) is 13.2. The molecule has 5 nitrogen and oxygen atoms in total. The zero-order valence-electron chi connectivity index (χ0n) is 8.53. The number of carbonyl (C=O) groups is 2. The number of allylic oxidation sites excluding steroid dienone is 1. The molecule has 0 heterocycles. The Morgan fingerprint density at radius 1 is 1.57 bits per heavy atom. The van der Waals surface area contributed by atoms with Gasteiger partial charge >= 0.3 is 11.9 Å². The van der Waals surface area contributed by atoms with E-state index < -0.39 is 18.0 Å². The van der Waals surface area contributed by atoms with Gasteiger partial charge in [-0.25, -0.2) is 4.79 Å². The average Bonchev–Trinajstić information content (AvgIpc) is 2.03. The second-order valence-electron chi connectivity index (χ2n) is 2.78. The molecule has 0 rings (SSSR count). The summed E-state index contributed by atoms with van der Waals surface area (Å²) in [6, 6.07) is -0.722. The maximum Gasteiger partial charge on any atom is 0.332 e. The van der Waals surface area contributed by atoms with Crippen LogP contribution in [0.15, 0.2) is 11.8 Å². The van der Waals surface area contributed by atoms with Crippen molar-refractivity contribution in [3.05, 3.63) is 11.8 Å². The van der Waals surface area contributed by atoms with E-state index in [9.17, 15) is 9.59 Å². The standard InChI is InChI=1S/C9H15NO4/c1-4-14-8(11)5-6(2)10-7(3)9(12)13/h5,7,10H,4H2,1-3H3,(H,12,13). The van der Waals surface area contributed by atoms with E-state index in [1.807, 2.05) is 0 Å². The van der Waals surface area contributed by atoms with Crippen LogP contribution in [0.4, 0.5) is 0 Å². The lowest BCUT2D eigenvalue weighted by Gasteiger charge is -2.10. The highest BCUT2D eigenvalue weighted by molar-refractivity contribution is 5.82. The van der Waals surface area contributed by atoms with Crippen molar-refractivity contribution in [3.63, 3.8) is 0 Å². The van der Waals surface area contributed by atoms with Crippen molar-refractivity contribution in [2.75, 3.05) is 6.61 Å². The van der Waals surface area contributed by atoms with Crippen LogP contribution >= 0.6 is 0 Å². The van der Waals surface area contributed by atoms with Crippen LogP contribution in [0.5, 0.6) is 0 Å². The van der Waals surface area contributed by atoms with Gasteiger partial charge < -0.3 is 15.2 Å². The van der Waals surface area contributed by atoms with Crippen LogP contribution < -0.4 is 5.32 Å². The molecule has 0 bridgehead atoms. The van der Waals surface area contributed by atoms with Crippen LogP contribution in [0.1, 0.15) is 20.8 Å². The average molecular weight is 201 g/mol. The van der Waals surface area contributed by atoms with E-state index in [1.54, 1.807) is 13.8 Å². The molecule has 2 N–H and O–H groups in total. The zero-order chi connectivity index (χ0) is 11.1. The van der Waals surface area contributed by atoms with Crippen LogP contribution in [-0.2, 0) is 14.3 Å². The second-order valence-corrected chi connectivity index (χ2v) is 2.78. The quantitative estimate of drug-likeness (QED) is 0.501. The number of aliphatic carboxylic acids is 1. The summed E-state index contributed by atoms with van der Waals surface area (Å²) in [4.78, 5) is 21.4. The van der Waals surface area contributed by atoms with Gasteiger partial charge in [-0.05, 0) is 20.8 Å². The van der Waals surface area contributed by atoms with Crippen molar-refractivity contribution >= 4 is 11.9 Å². The molecule has 0 spiro atoms. The molecule has 0 aromatic carbocycles. The summed E-state index contributed by atoms with van der Waals surface area (Å²) in [7, 11) is 0. The van der Waals surface area contributed by atoms with Gasteiger partial charge in [-0.2, -0.15) is 0 Å². The second kappa shape index (κ2) is 6.01. The van der Waals surface area contributed by atoms with Crippen molar-refractivity contribution in [2.45, 2.75) is 26.8 Å². The monoisotopic (exact) mass is 201 g/mol. The number of ether oxygens (including phenoxy) is 1. The van der Waals surface area contributed by atoms with Crippen LogP contribution in [-0.4, -0.2) is 29.7 Å². The van der Waals surface area contributed by atoms with Gasteiger partial charge in [0.25, 0.3) is 0 Å². The number of esters is 1. The number of carboxylic acid groups (broad SMARTS) is 1. The summed E-state index contributed by atoms with van der Waals surface area (Å²) in [5.41, 5.74) is 0.471. The fourth-order valence-corrected chi connectivity index (χ4v) is 0.806. The molecule has 0 saturated heterocycles. The fraction of sp³-hybridized carbons (Fsp3) is 0.556. The molecular weight excluding hydrogens is 186 g/mol. The van der Waals surface area contributed by atoms with Crippen molar-refractivity contribution in [3.8, 4) is 0 Å². The van der Waals surface area contributed by atoms with Gasteiger partial charge in [0.15, 0.2) is 0 Å². The first-order valence-corrected chi connectivity index (χ1v) is 4.31. The molecule has 0 saturated carbocycles. The lowest BCUT2D eigenvalue weighted by molar-refractivity contribution is -0.139. The van der Waals surface area contributed by atoms with E-state index in [2.05, 4.69) is 10.1 Å². The number of hydrogen-bond acceptors (Lipinski definition) is 4. The Hall–Kier alpha value is -1.52. The highest BCUT2D eigenvalue weighted by Gasteiger charge is 2.09. The van der Waals surface area contributed by atoms with Crippen LogP contribution in [0.2, 0.25) is 0 Å². The minimum absolute atomic E-state index is 0.303. The summed E-state index contributed by atoms with van der Waals surface area (Å²) in [6.45, 7) is 5.10. The number of hydrogen-bond donors (Lipinski definition) is 2. The lowest BCUT2D eigenvalue weighted by atomic mass is 10.3. The Labute approximate surface area is 82.7 Å². The molecule has 0 amide bonds. The van der Waals surface area contributed by atoms with Crippen LogP contribution in [0.3, 0.4) is 0 Å². The molecule has 14 heavy (non-hydrogen) atoms. The summed E-state index contributed by atoms with van der Waals surface area (Å²) in [6.07, 6.45) is 1.23. The summed E-state index contributed by atoms with van der Waals surface area (Å²) in [5.74, 6) is -1.45. The van der Waals surface area contributed by atoms with Gasteiger partial charge in [0.1, 0.15) is 6.04 Å². The molecule has 5 heteroatoms. The first-order chi connectivity index (χ1) is 6.47. The van der Waals surface area contributed by atoms with Gasteiger partial charge in [-0.3, -0.25) is 4.79 Å². The van der Waals surface area contributed by atoms with E-state index in [0.29, 0.717) is 12.3 Å². The first-order valence-electron chi connectivity index (χ1n) is 4.31. The van der Waals surface area contributed by atoms with E-state index in [-0.39, 0.29) is 0 Å². The largest absolute Gasteiger partial charge is 0.480 e. The number of rotatable bonds is 5. The molecule has 0 aromatic heterocycles. The molecule has 0 fully saturated rings. The molecule has 0 aliphatic rings. The zero-order valence-corrected chi connectivity index (χ0v) is 8.53. The smallest absolute Gasteiger partial charge is 0.332 e. The van der Waals surface area contributed by atoms with Crippen molar-refractivity contribution in [2.24, 2.45) is 0 Å². The lowest BCUT2D eigenvalue weighted by Crippen LogP contribution is -2.32. The minimum Gasteiger partial charge on any atom is -0.480 e. The predicted octanol–water partition coefficient (Wildman–Crippen LogP) is 0.516. The third-order valence-corrected chi connectivity index (χ3v) is 1.44. The molecule has 80 valence electrons. The Morgan fingerprint density at radius 2 is 2.14 bits per heavy atom. The predicted molar refractivity (Wildman–Crippen MR) is 50.6 cm³/mol. The van der Waals surface area contributed by atoms with Gasteiger partial charge in [-0.15, -0.1) is 0 Å². The van der Waals surface area contributed by atoms with Gasteiger partial charge in [0, 0.05) is 11.8 Å². The molecule has 1 atom stereocenters. The van der Waals surface area contributed by atoms with E-state index in [0.717, 1.165) is 0 Å². The van der Waals surface area contributed by atoms with Crippen LogP contribution in [0.25, 0.3) is 0 Å². The molecule has 0 aliphatic carbocycles. The van der Waals surface area contributed by atoms with Crippen LogP contribution in [0, 0.1) is 0 Å². The molecular formula is C9H15NO4. The van der Waals surface area contributed by atoms with Crippen molar-refractivity contribution < 1.29 is 19.4 Å². The van der Waals surface area contributed by atoms with E-state index >= 15 is 0 Å². The highest BCUT2D eigenvalue weighted by Crippen LogP contribution is 1.93. The number of carboxylic acids is 1. The molecule has 1 unspecified atom stereocenters. The fourth-order valence-electron chi connectivity index (χ4n) is 0.806. The van der Waals surface area contributed by atoms with Gasteiger partial charge in [0.05, 0.1) is 6.61 Å². The van der Waals surface area contributed by atoms with E-state index in [1.165, 1.54) is 13.0 Å². The maximum absolute atomic E-state index is 10.9. The Morgan fingerprint density at radius 3 is 2.57 bits per heavy atom. The number of nitrogens with one attached hydrogen (secondary N) is 1. The molecule has 0 aliphatic heterocycles. The highest BCUT2D eigenvalue weighted by atomic mass is 16.5. The summed E-state index contributed by atoms with van der Waals surface area (Å²) < 4.78 is 4.65. The Balaban J connectivity index is 4.12.